The number of thiazole rings is 1. The first kappa shape index (κ1) is 21.3. The van der Waals surface area contributed by atoms with Crippen molar-refractivity contribution < 1.29 is 28.5 Å². The van der Waals surface area contributed by atoms with Gasteiger partial charge in [0.2, 0.25) is 5.78 Å². The second kappa shape index (κ2) is 9.41. The zero-order valence-electron chi connectivity index (χ0n) is 17.0. The molecule has 0 saturated carbocycles. The maximum absolute atomic E-state index is 12.5. The number of benzene rings is 2. The van der Waals surface area contributed by atoms with Gasteiger partial charge in [-0.1, -0.05) is 0 Å². The summed E-state index contributed by atoms with van der Waals surface area (Å²) in [5.74, 6) is 0.839. The SMILES string of the molecule is COc1ccc(C(=O)[C@@H](C)OC(=O)c2csc(-c3ccc(OC)c(OC)c3)n2)cc1. The molecule has 1 atom stereocenters. The predicted molar refractivity (Wildman–Crippen MR) is 113 cm³/mol. The Morgan fingerprint density at radius 3 is 2.27 bits per heavy atom. The molecule has 2 aromatic carbocycles. The molecule has 0 aliphatic carbocycles. The van der Waals surface area contributed by atoms with Gasteiger partial charge in [0.15, 0.2) is 23.3 Å². The summed E-state index contributed by atoms with van der Waals surface area (Å²) in [5.41, 5.74) is 1.35. The average molecular weight is 427 g/mol. The molecule has 7 nitrogen and oxygen atoms in total. The highest BCUT2D eigenvalue weighted by molar-refractivity contribution is 7.13. The summed E-state index contributed by atoms with van der Waals surface area (Å²) in [6.07, 6.45) is -0.947. The number of hydrogen-bond donors (Lipinski definition) is 0. The molecule has 156 valence electrons. The first-order chi connectivity index (χ1) is 14.5. The van der Waals surface area contributed by atoms with Crippen LogP contribution in [0.4, 0.5) is 0 Å². The topological polar surface area (TPSA) is 84.0 Å². The first-order valence-electron chi connectivity index (χ1n) is 9.04. The number of ether oxygens (including phenoxy) is 4. The van der Waals surface area contributed by atoms with E-state index < -0.39 is 12.1 Å². The minimum atomic E-state index is -0.947. The molecular formula is C22H21NO6S. The quantitative estimate of drug-likeness (QED) is 0.392. The van der Waals surface area contributed by atoms with Crippen molar-refractivity contribution in [2.24, 2.45) is 0 Å². The fourth-order valence-corrected chi connectivity index (χ4v) is 3.52. The zero-order chi connectivity index (χ0) is 21.7. The standard InChI is InChI=1S/C22H21NO6S/c1-13(20(24)14-5-8-16(26-2)9-6-14)29-22(25)17-12-30-21(23-17)15-7-10-18(27-3)19(11-15)28-4/h5-13H,1-4H3/t13-/m1/s1. The number of esters is 1. The van der Waals surface area contributed by atoms with E-state index >= 15 is 0 Å². The average Bonchev–Trinajstić information content (AvgIpc) is 3.28. The molecule has 0 amide bonds. The van der Waals surface area contributed by atoms with Gasteiger partial charge in [0, 0.05) is 16.5 Å². The molecule has 0 spiro atoms. The van der Waals surface area contributed by atoms with Gasteiger partial charge in [-0.25, -0.2) is 9.78 Å². The van der Waals surface area contributed by atoms with Crippen LogP contribution in [0.5, 0.6) is 17.2 Å². The number of ketones is 1. The number of aromatic nitrogens is 1. The number of carbonyl (C=O) groups is 2. The number of nitrogens with zero attached hydrogens (tertiary/aromatic N) is 1. The lowest BCUT2D eigenvalue weighted by Crippen LogP contribution is -2.24. The molecule has 3 rings (SSSR count). The summed E-state index contributed by atoms with van der Waals surface area (Å²) < 4.78 is 20.9. The van der Waals surface area contributed by atoms with Crippen molar-refractivity contribution in [3.05, 3.63) is 59.1 Å². The second-order valence-electron chi connectivity index (χ2n) is 6.25. The molecule has 0 aliphatic rings. The Kier molecular flexibility index (Phi) is 6.68. The number of Topliss-reactive ketones (excluding diaryl/α,β-unsaturated/α-hetero) is 1. The Labute approximate surface area is 178 Å². The van der Waals surface area contributed by atoms with E-state index in [1.807, 2.05) is 6.07 Å². The summed E-state index contributed by atoms with van der Waals surface area (Å²) in [4.78, 5) is 29.3. The number of rotatable bonds is 8. The minimum Gasteiger partial charge on any atom is -0.497 e. The molecule has 0 N–H and O–H groups in total. The fraction of sp³-hybridized carbons (Fsp3) is 0.227. The van der Waals surface area contributed by atoms with E-state index in [2.05, 4.69) is 4.98 Å². The van der Waals surface area contributed by atoms with Crippen molar-refractivity contribution in [1.29, 1.82) is 0 Å². The van der Waals surface area contributed by atoms with Crippen LogP contribution in [0.3, 0.4) is 0 Å². The van der Waals surface area contributed by atoms with Crippen molar-refractivity contribution in [2.75, 3.05) is 21.3 Å². The lowest BCUT2D eigenvalue weighted by Gasteiger charge is -2.11. The van der Waals surface area contributed by atoms with Gasteiger partial charge in [0.05, 0.1) is 21.3 Å². The van der Waals surface area contributed by atoms with Crippen LogP contribution in [-0.4, -0.2) is 44.2 Å². The highest BCUT2D eigenvalue weighted by atomic mass is 32.1. The van der Waals surface area contributed by atoms with E-state index in [-0.39, 0.29) is 11.5 Å². The minimum absolute atomic E-state index is 0.138. The normalized spacial score (nSPS) is 11.5. The summed E-state index contributed by atoms with van der Waals surface area (Å²) in [6, 6.07) is 12.0. The third-order valence-corrected chi connectivity index (χ3v) is 5.26. The molecule has 0 saturated heterocycles. The summed E-state index contributed by atoms with van der Waals surface area (Å²) in [5, 5.41) is 2.22. The smallest absolute Gasteiger partial charge is 0.358 e. The largest absolute Gasteiger partial charge is 0.497 e. The molecule has 1 heterocycles. The molecule has 8 heteroatoms. The Hall–Kier alpha value is -3.39. The molecular weight excluding hydrogens is 406 g/mol. The van der Waals surface area contributed by atoms with Crippen LogP contribution in [0, 0.1) is 0 Å². The zero-order valence-corrected chi connectivity index (χ0v) is 17.8. The maximum Gasteiger partial charge on any atom is 0.358 e. The van der Waals surface area contributed by atoms with Crippen LogP contribution in [0.1, 0.15) is 27.8 Å². The molecule has 30 heavy (non-hydrogen) atoms. The summed E-state index contributed by atoms with van der Waals surface area (Å²) in [7, 11) is 4.66. The van der Waals surface area contributed by atoms with Crippen LogP contribution in [0.2, 0.25) is 0 Å². The molecule has 0 unspecified atom stereocenters. The Morgan fingerprint density at radius 2 is 1.63 bits per heavy atom. The third-order valence-electron chi connectivity index (χ3n) is 4.37. The Morgan fingerprint density at radius 1 is 0.933 bits per heavy atom. The first-order valence-corrected chi connectivity index (χ1v) is 9.92. The van der Waals surface area contributed by atoms with Crippen LogP contribution >= 0.6 is 11.3 Å². The summed E-state index contributed by atoms with van der Waals surface area (Å²) in [6.45, 7) is 1.53. The van der Waals surface area contributed by atoms with Gasteiger partial charge in [-0.2, -0.15) is 0 Å². The fourth-order valence-electron chi connectivity index (χ4n) is 2.73. The van der Waals surface area contributed by atoms with E-state index in [9.17, 15) is 9.59 Å². The second-order valence-corrected chi connectivity index (χ2v) is 7.11. The lowest BCUT2D eigenvalue weighted by atomic mass is 10.1. The van der Waals surface area contributed by atoms with E-state index in [0.29, 0.717) is 27.8 Å². The van der Waals surface area contributed by atoms with Crippen molar-refractivity contribution in [2.45, 2.75) is 13.0 Å². The molecule has 0 fully saturated rings. The monoisotopic (exact) mass is 427 g/mol. The number of hydrogen-bond acceptors (Lipinski definition) is 8. The van der Waals surface area contributed by atoms with E-state index in [0.717, 1.165) is 5.56 Å². The van der Waals surface area contributed by atoms with Crippen LogP contribution in [0.25, 0.3) is 10.6 Å². The Bertz CT molecular complexity index is 1040. The highest BCUT2D eigenvalue weighted by Crippen LogP contribution is 2.33. The van der Waals surface area contributed by atoms with Crippen molar-refractivity contribution in [3.63, 3.8) is 0 Å². The van der Waals surface area contributed by atoms with Gasteiger partial charge in [-0.3, -0.25) is 4.79 Å². The van der Waals surface area contributed by atoms with Crippen LogP contribution in [-0.2, 0) is 4.74 Å². The van der Waals surface area contributed by atoms with Gasteiger partial charge < -0.3 is 18.9 Å². The van der Waals surface area contributed by atoms with Gasteiger partial charge in [-0.15, -0.1) is 11.3 Å². The lowest BCUT2D eigenvalue weighted by molar-refractivity contribution is 0.0314. The van der Waals surface area contributed by atoms with Gasteiger partial charge in [0.25, 0.3) is 0 Å². The van der Waals surface area contributed by atoms with Crippen LogP contribution < -0.4 is 14.2 Å². The highest BCUT2D eigenvalue weighted by Gasteiger charge is 2.22. The molecule has 1 aromatic heterocycles. The molecule has 3 aromatic rings. The Balaban J connectivity index is 1.70. The van der Waals surface area contributed by atoms with Crippen LogP contribution in [0.15, 0.2) is 47.8 Å². The van der Waals surface area contributed by atoms with Crippen molar-refractivity contribution in [1.82, 2.24) is 4.98 Å². The van der Waals surface area contributed by atoms with Crippen molar-refractivity contribution in [3.8, 4) is 27.8 Å². The van der Waals surface area contributed by atoms with E-state index in [1.165, 1.54) is 18.3 Å². The summed E-state index contributed by atoms with van der Waals surface area (Å²) >= 11 is 1.29. The maximum atomic E-state index is 12.5. The number of methoxy groups -OCH3 is 3. The van der Waals surface area contributed by atoms with Gasteiger partial charge in [-0.05, 0) is 49.4 Å². The van der Waals surface area contributed by atoms with Gasteiger partial charge >= 0.3 is 5.97 Å². The van der Waals surface area contributed by atoms with Crippen molar-refractivity contribution >= 4 is 23.1 Å². The third kappa shape index (κ3) is 4.60. The van der Waals surface area contributed by atoms with Gasteiger partial charge in [0.1, 0.15) is 10.8 Å². The predicted octanol–water partition coefficient (Wildman–Crippen LogP) is 4.26. The molecule has 0 bridgehead atoms. The molecule has 0 aliphatic heterocycles. The molecule has 0 radical (unpaired) electrons. The van der Waals surface area contributed by atoms with E-state index in [4.69, 9.17) is 18.9 Å². The number of carbonyl (C=O) groups excluding carboxylic acids is 2. The van der Waals surface area contributed by atoms with E-state index in [1.54, 1.807) is 63.1 Å².